The standard InChI is InChI=1S/C36H33NO6/c1-36(2,3)29-19-17-26(18-20-29)31(38)21-30(25-11-9-24(10-12-25)23-7-5-4-6-8-23)33(40)27-13-15-28(16-14-27)34(41)37-22-32(39)35(42)43/h4-21,32,39H,22H2,1-3H3,(H,37,41)(H,42,43)/b30-21+. The number of hydrogen-bond acceptors (Lipinski definition) is 5. The molecule has 0 fully saturated rings. The van der Waals surface area contributed by atoms with Crippen LogP contribution in [-0.2, 0) is 10.2 Å². The van der Waals surface area contributed by atoms with E-state index in [1.54, 1.807) is 24.3 Å². The third kappa shape index (κ3) is 7.78. The van der Waals surface area contributed by atoms with Crippen molar-refractivity contribution in [3.63, 3.8) is 0 Å². The third-order valence-corrected chi connectivity index (χ3v) is 7.01. The van der Waals surface area contributed by atoms with Gasteiger partial charge in [-0.05, 0) is 45.9 Å². The Morgan fingerprint density at radius 3 is 1.77 bits per heavy atom. The largest absolute Gasteiger partial charge is 0.479 e. The fourth-order valence-electron chi connectivity index (χ4n) is 4.41. The van der Waals surface area contributed by atoms with Crippen LogP contribution in [0.1, 0.15) is 63.0 Å². The van der Waals surface area contributed by atoms with Gasteiger partial charge >= 0.3 is 5.97 Å². The summed E-state index contributed by atoms with van der Waals surface area (Å²) in [5.41, 5.74) is 4.66. The van der Waals surface area contributed by atoms with Gasteiger partial charge in [-0.25, -0.2) is 4.79 Å². The van der Waals surface area contributed by atoms with E-state index in [2.05, 4.69) is 26.1 Å². The lowest BCUT2D eigenvalue weighted by Gasteiger charge is -2.18. The molecule has 0 aliphatic carbocycles. The predicted octanol–water partition coefficient (Wildman–Crippen LogP) is 5.98. The Kier molecular flexibility index (Phi) is 9.48. The van der Waals surface area contributed by atoms with Gasteiger partial charge in [0.05, 0.1) is 6.54 Å². The summed E-state index contributed by atoms with van der Waals surface area (Å²) in [6, 6.07) is 30.3. The van der Waals surface area contributed by atoms with Crippen LogP contribution in [0, 0.1) is 0 Å². The van der Waals surface area contributed by atoms with E-state index in [-0.39, 0.29) is 27.9 Å². The van der Waals surface area contributed by atoms with Crippen molar-refractivity contribution in [1.29, 1.82) is 0 Å². The highest BCUT2D eigenvalue weighted by atomic mass is 16.4. The molecule has 0 aromatic heterocycles. The van der Waals surface area contributed by atoms with Crippen LogP contribution in [0.2, 0.25) is 0 Å². The molecule has 1 atom stereocenters. The van der Waals surface area contributed by atoms with E-state index < -0.39 is 30.3 Å². The number of allylic oxidation sites excluding steroid dienone is 2. The van der Waals surface area contributed by atoms with Gasteiger partial charge in [0.2, 0.25) is 0 Å². The van der Waals surface area contributed by atoms with E-state index in [9.17, 15) is 24.3 Å². The van der Waals surface area contributed by atoms with Crippen molar-refractivity contribution in [2.45, 2.75) is 32.3 Å². The number of carboxylic acids is 1. The van der Waals surface area contributed by atoms with Crippen molar-refractivity contribution < 1.29 is 29.4 Å². The molecule has 0 aliphatic heterocycles. The monoisotopic (exact) mass is 575 g/mol. The van der Waals surface area contributed by atoms with Crippen LogP contribution in [0.5, 0.6) is 0 Å². The zero-order valence-corrected chi connectivity index (χ0v) is 24.2. The van der Waals surface area contributed by atoms with Gasteiger partial charge in [0.1, 0.15) is 0 Å². The number of carbonyl (C=O) groups is 4. The molecule has 0 spiro atoms. The summed E-state index contributed by atoms with van der Waals surface area (Å²) in [5, 5.41) is 20.5. The van der Waals surface area contributed by atoms with E-state index in [0.29, 0.717) is 11.1 Å². The summed E-state index contributed by atoms with van der Waals surface area (Å²) in [7, 11) is 0. The Morgan fingerprint density at radius 2 is 1.21 bits per heavy atom. The average Bonchev–Trinajstić information content (AvgIpc) is 3.02. The molecule has 0 aliphatic rings. The molecule has 0 radical (unpaired) electrons. The van der Waals surface area contributed by atoms with E-state index in [1.165, 1.54) is 30.3 Å². The number of carboxylic acid groups (broad SMARTS) is 1. The maximum Gasteiger partial charge on any atom is 0.334 e. The number of Topliss-reactive ketones (excluding diaryl/α,β-unsaturated/α-hetero) is 1. The Morgan fingerprint density at radius 1 is 0.698 bits per heavy atom. The molecule has 7 heteroatoms. The Labute approximate surface area is 250 Å². The van der Waals surface area contributed by atoms with Crippen molar-refractivity contribution in [3.8, 4) is 11.1 Å². The highest BCUT2D eigenvalue weighted by molar-refractivity contribution is 6.32. The summed E-state index contributed by atoms with van der Waals surface area (Å²) >= 11 is 0. The van der Waals surface area contributed by atoms with Gasteiger partial charge in [0.15, 0.2) is 17.7 Å². The molecular formula is C36H33NO6. The molecule has 3 N–H and O–H groups in total. The Balaban J connectivity index is 1.65. The lowest BCUT2D eigenvalue weighted by atomic mass is 9.86. The molecule has 0 saturated heterocycles. The van der Waals surface area contributed by atoms with Gasteiger partial charge in [0.25, 0.3) is 5.91 Å². The highest BCUT2D eigenvalue weighted by Crippen LogP contribution is 2.27. The molecule has 0 heterocycles. The zero-order valence-electron chi connectivity index (χ0n) is 24.2. The van der Waals surface area contributed by atoms with Crippen LogP contribution in [0.3, 0.4) is 0 Å². The van der Waals surface area contributed by atoms with E-state index in [4.69, 9.17) is 5.11 Å². The zero-order chi connectivity index (χ0) is 31.1. The summed E-state index contributed by atoms with van der Waals surface area (Å²) in [6.07, 6.45) is -0.382. The Hall–Kier alpha value is -5.14. The summed E-state index contributed by atoms with van der Waals surface area (Å²) < 4.78 is 0. The quantitative estimate of drug-likeness (QED) is 0.158. The van der Waals surface area contributed by atoms with Crippen LogP contribution in [-0.4, -0.2) is 46.3 Å². The summed E-state index contributed by atoms with van der Waals surface area (Å²) in [4.78, 5) is 50.4. The normalized spacial score (nSPS) is 12.3. The second-order valence-electron chi connectivity index (χ2n) is 11.2. The lowest BCUT2D eigenvalue weighted by molar-refractivity contribution is -0.146. The van der Waals surface area contributed by atoms with Crippen LogP contribution in [0.15, 0.2) is 109 Å². The van der Waals surface area contributed by atoms with E-state index >= 15 is 0 Å². The van der Waals surface area contributed by atoms with Crippen molar-refractivity contribution in [1.82, 2.24) is 5.32 Å². The van der Waals surface area contributed by atoms with Crippen molar-refractivity contribution >= 4 is 29.0 Å². The predicted molar refractivity (Wildman–Crippen MR) is 166 cm³/mol. The molecule has 0 bridgehead atoms. The number of hydrogen-bond donors (Lipinski definition) is 3. The van der Waals surface area contributed by atoms with Gasteiger partial charge in [-0.3, -0.25) is 14.4 Å². The van der Waals surface area contributed by atoms with Crippen LogP contribution >= 0.6 is 0 Å². The average molecular weight is 576 g/mol. The molecule has 4 rings (SSSR count). The van der Waals surface area contributed by atoms with Gasteiger partial charge in [-0.2, -0.15) is 0 Å². The fraction of sp³-hybridized carbons (Fsp3) is 0.167. The van der Waals surface area contributed by atoms with Gasteiger partial charge < -0.3 is 15.5 Å². The van der Waals surface area contributed by atoms with Crippen molar-refractivity contribution in [2.24, 2.45) is 0 Å². The van der Waals surface area contributed by atoms with E-state index in [1.807, 2.05) is 54.6 Å². The minimum absolute atomic E-state index is 0.0713. The van der Waals surface area contributed by atoms with Crippen LogP contribution in [0.25, 0.3) is 16.7 Å². The van der Waals surface area contributed by atoms with Crippen molar-refractivity contribution in [2.75, 3.05) is 6.54 Å². The van der Waals surface area contributed by atoms with Crippen molar-refractivity contribution in [3.05, 3.63) is 137 Å². The maximum atomic E-state index is 13.8. The van der Waals surface area contributed by atoms with Gasteiger partial charge in [-0.1, -0.05) is 112 Å². The summed E-state index contributed by atoms with van der Waals surface area (Å²) in [5.74, 6) is -2.76. The lowest BCUT2D eigenvalue weighted by Crippen LogP contribution is -2.36. The number of rotatable bonds is 10. The first kappa shape index (κ1) is 30.8. The second kappa shape index (κ2) is 13.2. The topological polar surface area (TPSA) is 121 Å². The minimum Gasteiger partial charge on any atom is -0.479 e. The molecule has 4 aromatic carbocycles. The van der Waals surface area contributed by atoms with Crippen LogP contribution in [0.4, 0.5) is 0 Å². The molecule has 0 saturated carbocycles. The SMILES string of the molecule is CC(C)(C)c1ccc(C(=O)/C=C(/C(=O)c2ccc(C(=O)NCC(O)C(=O)O)cc2)c2ccc(-c3ccccc3)cc2)cc1. The minimum atomic E-state index is -1.73. The molecule has 1 amide bonds. The smallest absolute Gasteiger partial charge is 0.334 e. The highest BCUT2D eigenvalue weighted by Gasteiger charge is 2.20. The fourth-order valence-corrected chi connectivity index (χ4v) is 4.41. The van der Waals surface area contributed by atoms with Gasteiger partial charge in [-0.15, -0.1) is 0 Å². The summed E-state index contributed by atoms with van der Waals surface area (Å²) in [6.45, 7) is 5.81. The molecule has 1 unspecified atom stereocenters. The molecule has 4 aromatic rings. The Bertz CT molecular complexity index is 1650. The first-order valence-corrected chi connectivity index (χ1v) is 13.8. The first-order valence-electron chi connectivity index (χ1n) is 13.8. The number of benzene rings is 4. The number of nitrogens with one attached hydrogen (secondary N) is 1. The number of aliphatic hydroxyl groups is 1. The molecular weight excluding hydrogens is 542 g/mol. The van der Waals surface area contributed by atoms with Crippen LogP contribution < -0.4 is 5.32 Å². The second-order valence-corrected chi connectivity index (χ2v) is 11.2. The van der Waals surface area contributed by atoms with E-state index in [0.717, 1.165) is 16.7 Å². The number of aliphatic hydroxyl groups excluding tert-OH is 1. The molecule has 218 valence electrons. The number of aliphatic carboxylic acids is 1. The molecule has 43 heavy (non-hydrogen) atoms. The molecule has 7 nitrogen and oxygen atoms in total. The third-order valence-electron chi connectivity index (χ3n) is 7.01. The number of carbonyl (C=O) groups excluding carboxylic acids is 3. The number of amides is 1. The maximum absolute atomic E-state index is 13.8. The van der Waals surface area contributed by atoms with Gasteiger partial charge in [0, 0.05) is 22.3 Å². The first-order chi connectivity index (χ1) is 20.4. The number of ketones is 2.